The SMILES string of the molecule is COC(=O)C1=C(C)N=c2s/c(=C\c3ccc(C)cc3)c(=O)n2C1c1ccccc1. The van der Waals surface area contributed by atoms with Gasteiger partial charge in [0.1, 0.15) is 0 Å². The van der Waals surface area contributed by atoms with Crippen LogP contribution in [-0.4, -0.2) is 17.6 Å². The lowest BCUT2D eigenvalue weighted by atomic mass is 9.96. The van der Waals surface area contributed by atoms with Crippen LogP contribution in [0.4, 0.5) is 0 Å². The van der Waals surface area contributed by atoms with Gasteiger partial charge in [-0.3, -0.25) is 9.36 Å². The second kappa shape index (κ2) is 7.64. The number of rotatable bonds is 3. The normalized spacial score (nSPS) is 16.4. The lowest BCUT2D eigenvalue weighted by Crippen LogP contribution is -2.39. The van der Waals surface area contributed by atoms with Crippen molar-refractivity contribution in [1.29, 1.82) is 0 Å². The van der Waals surface area contributed by atoms with Gasteiger partial charge in [0.2, 0.25) is 0 Å². The van der Waals surface area contributed by atoms with Gasteiger partial charge < -0.3 is 4.74 Å². The molecule has 5 nitrogen and oxygen atoms in total. The number of thiazole rings is 1. The third-order valence-electron chi connectivity index (χ3n) is 4.92. The van der Waals surface area contributed by atoms with Crippen molar-refractivity contribution in [1.82, 2.24) is 4.57 Å². The number of esters is 1. The molecule has 1 unspecified atom stereocenters. The molecule has 0 radical (unpaired) electrons. The number of methoxy groups -OCH3 is 1. The predicted molar refractivity (Wildman–Crippen MR) is 113 cm³/mol. The number of benzene rings is 2. The fraction of sp³-hybridized carbons (Fsp3) is 0.174. The van der Waals surface area contributed by atoms with Crippen molar-refractivity contribution in [2.45, 2.75) is 19.9 Å². The van der Waals surface area contributed by atoms with Crippen LogP contribution in [-0.2, 0) is 9.53 Å². The smallest absolute Gasteiger partial charge is 0.338 e. The van der Waals surface area contributed by atoms with Gasteiger partial charge in [-0.15, -0.1) is 0 Å². The van der Waals surface area contributed by atoms with E-state index in [2.05, 4.69) is 4.99 Å². The van der Waals surface area contributed by atoms with Crippen molar-refractivity contribution in [3.8, 4) is 0 Å². The molecule has 1 atom stereocenters. The van der Waals surface area contributed by atoms with Crippen LogP contribution in [0.1, 0.15) is 29.7 Å². The molecule has 0 spiro atoms. The van der Waals surface area contributed by atoms with Crippen molar-refractivity contribution in [3.63, 3.8) is 0 Å². The highest BCUT2D eigenvalue weighted by Gasteiger charge is 2.32. The van der Waals surface area contributed by atoms with Crippen LogP contribution in [0.2, 0.25) is 0 Å². The first-order valence-corrected chi connectivity index (χ1v) is 10.0. The minimum atomic E-state index is -0.569. The molecule has 6 heteroatoms. The Morgan fingerprint density at radius 3 is 2.45 bits per heavy atom. The lowest BCUT2D eigenvalue weighted by molar-refractivity contribution is -0.136. The van der Waals surface area contributed by atoms with Gasteiger partial charge in [0, 0.05) is 0 Å². The predicted octanol–water partition coefficient (Wildman–Crippen LogP) is 2.72. The van der Waals surface area contributed by atoms with E-state index < -0.39 is 12.0 Å². The van der Waals surface area contributed by atoms with E-state index in [1.807, 2.05) is 67.6 Å². The number of ether oxygens (including phenoxy) is 1. The third kappa shape index (κ3) is 3.47. The largest absolute Gasteiger partial charge is 0.466 e. The summed E-state index contributed by atoms with van der Waals surface area (Å²) in [4.78, 5) is 31.0. The molecule has 0 amide bonds. The zero-order chi connectivity index (χ0) is 20.5. The van der Waals surface area contributed by atoms with Crippen LogP contribution in [0, 0.1) is 6.92 Å². The molecule has 146 valence electrons. The zero-order valence-corrected chi connectivity index (χ0v) is 17.2. The molecule has 0 fully saturated rings. The number of carbonyl (C=O) groups is 1. The average Bonchev–Trinajstić information content (AvgIpc) is 3.03. The van der Waals surface area contributed by atoms with E-state index in [1.54, 1.807) is 11.5 Å². The molecule has 1 aliphatic rings. The molecule has 0 saturated carbocycles. The first-order valence-electron chi connectivity index (χ1n) is 9.22. The number of hydrogen-bond acceptors (Lipinski definition) is 5. The fourth-order valence-corrected chi connectivity index (χ4v) is 4.50. The highest BCUT2D eigenvalue weighted by Crippen LogP contribution is 2.30. The van der Waals surface area contributed by atoms with Crippen LogP contribution >= 0.6 is 11.3 Å². The molecule has 3 aromatic rings. The molecule has 1 aromatic heterocycles. The Morgan fingerprint density at radius 2 is 1.79 bits per heavy atom. The standard InChI is InChI=1S/C23H20N2O3S/c1-14-9-11-16(12-10-14)13-18-21(26)25-20(17-7-5-4-6-8-17)19(22(27)28-3)15(2)24-23(25)29-18/h4-13,20H,1-3H3/b18-13-. The second-order valence-corrected chi connectivity index (χ2v) is 7.90. The van der Waals surface area contributed by atoms with E-state index in [0.29, 0.717) is 20.6 Å². The molecule has 4 rings (SSSR count). The summed E-state index contributed by atoms with van der Waals surface area (Å²) in [5.41, 5.74) is 3.72. The molecular formula is C23H20N2O3S. The average molecular weight is 404 g/mol. The van der Waals surface area contributed by atoms with E-state index in [4.69, 9.17) is 4.74 Å². The van der Waals surface area contributed by atoms with E-state index in [1.165, 1.54) is 18.4 Å². The maximum absolute atomic E-state index is 13.3. The van der Waals surface area contributed by atoms with Crippen molar-refractivity contribution in [2.24, 2.45) is 4.99 Å². The summed E-state index contributed by atoms with van der Waals surface area (Å²) >= 11 is 1.33. The lowest BCUT2D eigenvalue weighted by Gasteiger charge is -2.24. The Kier molecular flexibility index (Phi) is 5.03. The molecule has 0 saturated heterocycles. The Labute approximate surface area is 171 Å². The van der Waals surface area contributed by atoms with Gasteiger partial charge in [-0.1, -0.05) is 71.5 Å². The Morgan fingerprint density at radius 1 is 1.10 bits per heavy atom. The molecule has 0 N–H and O–H groups in total. The highest BCUT2D eigenvalue weighted by molar-refractivity contribution is 7.07. The quantitative estimate of drug-likeness (QED) is 0.631. The topological polar surface area (TPSA) is 60.7 Å². The monoisotopic (exact) mass is 404 g/mol. The van der Waals surface area contributed by atoms with Gasteiger partial charge in [-0.2, -0.15) is 0 Å². The van der Waals surface area contributed by atoms with E-state index in [-0.39, 0.29) is 5.56 Å². The Bertz CT molecular complexity index is 1280. The highest BCUT2D eigenvalue weighted by atomic mass is 32.1. The summed E-state index contributed by atoms with van der Waals surface area (Å²) < 4.78 is 7.18. The van der Waals surface area contributed by atoms with Gasteiger partial charge in [-0.05, 0) is 31.1 Å². The molecule has 0 bridgehead atoms. The maximum Gasteiger partial charge on any atom is 0.338 e. The minimum Gasteiger partial charge on any atom is -0.466 e. The number of nitrogens with zero attached hydrogens (tertiary/aromatic N) is 2. The van der Waals surface area contributed by atoms with Crippen molar-refractivity contribution in [2.75, 3.05) is 7.11 Å². The van der Waals surface area contributed by atoms with E-state index >= 15 is 0 Å². The van der Waals surface area contributed by atoms with Crippen LogP contribution < -0.4 is 14.9 Å². The summed E-state index contributed by atoms with van der Waals surface area (Å²) in [6, 6.07) is 16.9. The van der Waals surface area contributed by atoms with Crippen molar-refractivity contribution >= 4 is 23.4 Å². The van der Waals surface area contributed by atoms with E-state index in [9.17, 15) is 9.59 Å². The molecule has 2 heterocycles. The first-order chi connectivity index (χ1) is 14.0. The summed E-state index contributed by atoms with van der Waals surface area (Å²) in [7, 11) is 1.34. The number of aryl methyl sites for hydroxylation is 1. The number of hydrogen-bond donors (Lipinski definition) is 0. The number of aromatic nitrogens is 1. The van der Waals surface area contributed by atoms with E-state index in [0.717, 1.165) is 16.7 Å². The van der Waals surface area contributed by atoms with Crippen molar-refractivity contribution in [3.05, 3.63) is 102 Å². The zero-order valence-electron chi connectivity index (χ0n) is 16.4. The van der Waals surface area contributed by atoms with Crippen LogP contribution in [0.5, 0.6) is 0 Å². The molecule has 0 aliphatic carbocycles. The maximum atomic E-state index is 13.3. The van der Waals surface area contributed by atoms with Gasteiger partial charge >= 0.3 is 5.97 Å². The first kappa shape index (κ1) is 19.1. The molecular weight excluding hydrogens is 384 g/mol. The third-order valence-corrected chi connectivity index (χ3v) is 5.90. The Hall–Kier alpha value is -3.25. The van der Waals surface area contributed by atoms with Gasteiger partial charge in [0.15, 0.2) is 4.80 Å². The van der Waals surface area contributed by atoms with Crippen molar-refractivity contribution < 1.29 is 9.53 Å². The summed E-state index contributed by atoms with van der Waals surface area (Å²) in [6.07, 6.45) is 1.86. The van der Waals surface area contributed by atoms with Crippen LogP contribution in [0.15, 0.2) is 75.7 Å². The summed E-state index contributed by atoms with van der Waals surface area (Å²) in [5.74, 6) is -0.479. The van der Waals surface area contributed by atoms with Gasteiger partial charge in [-0.25, -0.2) is 9.79 Å². The summed E-state index contributed by atoms with van der Waals surface area (Å²) in [6.45, 7) is 3.80. The molecule has 1 aliphatic heterocycles. The number of carbonyl (C=O) groups excluding carboxylic acids is 1. The number of allylic oxidation sites excluding steroid dienone is 1. The van der Waals surface area contributed by atoms with Gasteiger partial charge in [0.25, 0.3) is 5.56 Å². The summed E-state index contributed by atoms with van der Waals surface area (Å²) in [5, 5.41) is 0. The fourth-order valence-electron chi connectivity index (χ4n) is 3.46. The van der Waals surface area contributed by atoms with Gasteiger partial charge in [0.05, 0.1) is 29.0 Å². The molecule has 2 aromatic carbocycles. The molecule has 29 heavy (non-hydrogen) atoms. The second-order valence-electron chi connectivity index (χ2n) is 6.89. The number of fused-ring (bicyclic) bond motifs is 1. The minimum absolute atomic E-state index is 0.169. The Balaban J connectivity index is 1.97. The van der Waals surface area contributed by atoms with Crippen LogP contribution in [0.25, 0.3) is 6.08 Å². The van der Waals surface area contributed by atoms with Crippen LogP contribution in [0.3, 0.4) is 0 Å².